The Labute approximate surface area is 106 Å². The number of rotatable bonds is 3. The van der Waals surface area contributed by atoms with E-state index < -0.39 is 10.9 Å². The number of hydrogen-bond donors (Lipinski definition) is 2. The van der Waals surface area contributed by atoms with Crippen LogP contribution in [0.1, 0.15) is 10.5 Å². The van der Waals surface area contributed by atoms with E-state index in [9.17, 15) is 14.9 Å². The maximum absolute atomic E-state index is 10.8. The molecule has 2 rings (SSSR count). The van der Waals surface area contributed by atoms with Crippen LogP contribution in [0, 0.1) is 10.1 Å². The van der Waals surface area contributed by atoms with Gasteiger partial charge < -0.3 is 10.8 Å². The predicted octanol–water partition coefficient (Wildman–Crippen LogP) is 1.33. The molecule has 1 aromatic heterocycles. The number of nitro groups is 1. The van der Waals surface area contributed by atoms with Gasteiger partial charge in [0, 0.05) is 17.7 Å². The third-order valence-electron chi connectivity index (χ3n) is 2.34. The molecule has 0 saturated carbocycles. The minimum atomic E-state index is -1.22. The number of anilines is 1. The molecule has 0 aliphatic heterocycles. The van der Waals surface area contributed by atoms with Crippen molar-refractivity contribution in [3.05, 3.63) is 46.1 Å². The van der Waals surface area contributed by atoms with Crippen LogP contribution >= 0.6 is 0 Å². The second-order valence-corrected chi connectivity index (χ2v) is 3.61. The van der Waals surface area contributed by atoms with Crippen molar-refractivity contribution in [1.29, 1.82) is 0 Å². The molecule has 3 N–H and O–H groups in total. The number of benzene rings is 1. The fourth-order valence-electron chi connectivity index (χ4n) is 1.48. The molecular weight excluding hydrogens is 252 g/mol. The Balaban J connectivity index is 2.46. The van der Waals surface area contributed by atoms with E-state index in [0.717, 1.165) is 0 Å². The smallest absolute Gasteiger partial charge is 0.354 e. The SMILES string of the molecule is Nc1nc(C(=O)O)cc(-c2ccc([N+](=O)[O-])cc2)n1. The fraction of sp³-hybridized carbons (Fsp3) is 0. The first-order valence-electron chi connectivity index (χ1n) is 5.10. The molecule has 19 heavy (non-hydrogen) atoms. The lowest BCUT2D eigenvalue weighted by molar-refractivity contribution is -0.384. The molecule has 0 spiro atoms. The summed E-state index contributed by atoms with van der Waals surface area (Å²) >= 11 is 0. The molecule has 8 heteroatoms. The summed E-state index contributed by atoms with van der Waals surface area (Å²) in [5, 5.41) is 19.4. The number of nitrogens with zero attached hydrogens (tertiary/aromatic N) is 3. The Bertz CT molecular complexity index is 654. The number of aromatic nitrogens is 2. The summed E-state index contributed by atoms with van der Waals surface area (Å²) in [6, 6.07) is 6.78. The summed E-state index contributed by atoms with van der Waals surface area (Å²) in [4.78, 5) is 28.3. The van der Waals surface area contributed by atoms with Crippen molar-refractivity contribution in [1.82, 2.24) is 9.97 Å². The minimum absolute atomic E-state index is 0.0655. The Morgan fingerprint density at radius 1 is 1.26 bits per heavy atom. The first-order chi connectivity index (χ1) is 8.97. The minimum Gasteiger partial charge on any atom is -0.477 e. The lowest BCUT2D eigenvalue weighted by atomic mass is 10.1. The van der Waals surface area contributed by atoms with Gasteiger partial charge in [0.15, 0.2) is 5.69 Å². The van der Waals surface area contributed by atoms with Crippen molar-refractivity contribution >= 4 is 17.6 Å². The summed E-state index contributed by atoms with van der Waals surface area (Å²) in [5.74, 6) is -1.40. The lowest BCUT2D eigenvalue weighted by Crippen LogP contribution is -2.06. The molecule has 0 aliphatic rings. The van der Waals surface area contributed by atoms with Gasteiger partial charge in [0.25, 0.3) is 5.69 Å². The summed E-state index contributed by atoms with van der Waals surface area (Å²) in [6.07, 6.45) is 0. The molecule has 0 unspecified atom stereocenters. The molecule has 0 fully saturated rings. The van der Waals surface area contributed by atoms with Crippen molar-refractivity contribution < 1.29 is 14.8 Å². The third-order valence-corrected chi connectivity index (χ3v) is 2.34. The van der Waals surface area contributed by atoms with Gasteiger partial charge in [0.05, 0.1) is 10.6 Å². The van der Waals surface area contributed by atoms with E-state index in [-0.39, 0.29) is 17.3 Å². The maximum Gasteiger partial charge on any atom is 0.354 e. The second kappa shape index (κ2) is 4.69. The molecule has 0 aliphatic carbocycles. The van der Waals surface area contributed by atoms with E-state index in [1.807, 2.05) is 0 Å². The van der Waals surface area contributed by atoms with E-state index >= 15 is 0 Å². The normalized spacial score (nSPS) is 10.1. The van der Waals surface area contributed by atoms with Gasteiger partial charge in [-0.2, -0.15) is 0 Å². The number of nitrogens with two attached hydrogens (primary N) is 1. The monoisotopic (exact) mass is 260 g/mol. The number of non-ortho nitro benzene ring substituents is 1. The largest absolute Gasteiger partial charge is 0.477 e. The fourth-order valence-corrected chi connectivity index (χ4v) is 1.48. The van der Waals surface area contributed by atoms with Crippen molar-refractivity contribution in [2.75, 3.05) is 5.73 Å². The Morgan fingerprint density at radius 2 is 1.89 bits per heavy atom. The number of carbonyl (C=O) groups is 1. The molecule has 0 amide bonds. The Morgan fingerprint density at radius 3 is 2.42 bits per heavy atom. The van der Waals surface area contributed by atoms with Crippen LogP contribution < -0.4 is 5.73 Å². The van der Waals surface area contributed by atoms with Crippen LogP contribution in [0.4, 0.5) is 11.6 Å². The summed E-state index contributed by atoms with van der Waals surface area (Å²) in [5.41, 5.74) is 5.93. The van der Waals surface area contributed by atoms with Crippen LogP contribution in [0.25, 0.3) is 11.3 Å². The van der Waals surface area contributed by atoms with Crippen molar-refractivity contribution in [2.45, 2.75) is 0 Å². The Hall–Kier alpha value is -3.03. The topological polar surface area (TPSA) is 132 Å². The van der Waals surface area contributed by atoms with Crippen molar-refractivity contribution in [3.63, 3.8) is 0 Å². The van der Waals surface area contributed by atoms with Gasteiger partial charge in [-0.15, -0.1) is 0 Å². The van der Waals surface area contributed by atoms with Crippen molar-refractivity contribution in [3.8, 4) is 11.3 Å². The van der Waals surface area contributed by atoms with Crippen LogP contribution in [0.3, 0.4) is 0 Å². The first-order valence-corrected chi connectivity index (χ1v) is 5.10. The van der Waals surface area contributed by atoms with Crippen LogP contribution in [0.2, 0.25) is 0 Å². The van der Waals surface area contributed by atoms with E-state index in [2.05, 4.69) is 9.97 Å². The average molecular weight is 260 g/mol. The highest BCUT2D eigenvalue weighted by atomic mass is 16.6. The number of nitrogen functional groups attached to an aromatic ring is 1. The van der Waals surface area contributed by atoms with E-state index in [0.29, 0.717) is 11.3 Å². The van der Waals surface area contributed by atoms with Gasteiger partial charge in [0.2, 0.25) is 5.95 Å². The zero-order chi connectivity index (χ0) is 14.0. The maximum atomic E-state index is 10.8. The molecular formula is C11H8N4O4. The highest BCUT2D eigenvalue weighted by molar-refractivity contribution is 5.87. The highest BCUT2D eigenvalue weighted by Gasteiger charge is 2.11. The number of carboxylic acid groups (broad SMARTS) is 1. The molecule has 96 valence electrons. The van der Waals surface area contributed by atoms with E-state index in [1.165, 1.54) is 30.3 Å². The molecule has 0 bridgehead atoms. The van der Waals surface area contributed by atoms with Crippen LogP contribution in [0.15, 0.2) is 30.3 Å². The predicted molar refractivity (Wildman–Crippen MR) is 65.5 cm³/mol. The van der Waals surface area contributed by atoms with Gasteiger partial charge in [-0.25, -0.2) is 14.8 Å². The molecule has 2 aromatic rings. The standard InChI is InChI=1S/C11H8N4O4/c12-11-13-8(5-9(14-11)10(16)17)6-1-3-7(4-2-6)15(18)19/h1-5H,(H,16,17)(H2,12,13,14). The van der Waals surface area contributed by atoms with Crippen LogP contribution in [0.5, 0.6) is 0 Å². The van der Waals surface area contributed by atoms with E-state index in [1.54, 1.807) is 0 Å². The summed E-state index contributed by atoms with van der Waals surface area (Å²) in [6.45, 7) is 0. The molecule has 0 atom stereocenters. The quantitative estimate of drug-likeness (QED) is 0.628. The van der Waals surface area contributed by atoms with Gasteiger partial charge in [-0.3, -0.25) is 10.1 Å². The highest BCUT2D eigenvalue weighted by Crippen LogP contribution is 2.21. The Kier molecular flexibility index (Phi) is 3.06. The average Bonchev–Trinajstić information content (AvgIpc) is 2.38. The molecule has 8 nitrogen and oxygen atoms in total. The number of nitro benzene ring substituents is 1. The van der Waals surface area contributed by atoms with Crippen LogP contribution in [-0.2, 0) is 0 Å². The summed E-state index contributed by atoms with van der Waals surface area (Å²) in [7, 11) is 0. The first kappa shape index (κ1) is 12.4. The second-order valence-electron chi connectivity index (χ2n) is 3.61. The summed E-state index contributed by atoms with van der Waals surface area (Å²) < 4.78 is 0. The van der Waals surface area contributed by atoms with Gasteiger partial charge in [-0.1, -0.05) is 0 Å². The van der Waals surface area contributed by atoms with Gasteiger partial charge >= 0.3 is 5.97 Å². The zero-order valence-corrected chi connectivity index (χ0v) is 9.48. The third kappa shape index (κ3) is 2.63. The zero-order valence-electron chi connectivity index (χ0n) is 9.48. The van der Waals surface area contributed by atoms with Crippen molar-refractivity contribution in [2.24, 2.45) is 0 Å². The van der Waals surface area contributed by atoms with E-state index in [4.69, 9.17) is 10.8 Å². The molecule has 1 aromatic carbocycles. The number of hydrogen-bond acceptors (Lipinski definition) is 6. The number of carboxylic acids is 1. The molecule has 0 saturated heterocycles. The molecule has 0 radical (unpaired) electrons. The van der Waals surface area contributed by atoms with Gasteiger partial charge in [-0.05, 0) is 18.2 Å². The van der Waals surface area contributed by atoms with Gasteiger partial charge in [0.1, 0.15) is 0 Å². The number of aromatic carboxylic acids is 1. The lowest BCUT2D eigenvalue weighted by Gasteiger charge is -2.03. The molecule has 1 heterocycles. The van der Waals surface area contributed by atoms with Crippen LogP contribution in [-0.4, -0.2) is 26.0 Å².